The summed E-state index contributed by atoms with van der Waals surface area (Å²) < 4.78 is 5.03. The molecule has 0 radical (unpaired) electrons. The van der Waals surface area contributed by atoms with E-state index < -0.39 is 0 Å². The van der Waals surface area contributed by atoms with Crippen LogP contribution in [0.15, 0.2) is 77.7 Å². The minimum absolute atomic E-state index is 0.234. The molecule has 0 aliphatic carbocycles. The first kappa shape index (κ1) is 16.2. The van der Waals surface area contributed by atoms with E-state index in [4.69, 9.17) is 4.42 Å². The number of hydrogen-bond acceptors (Lipinski definition) is 4. The van der Waals surface area contributed by atoms with Crippen molar-refractivity contribution >= 4 is 29.3 Å². The lowest BCUT2D eigenvalue weighted by Gasteiger charge is -2.06. The lowest BCUT2D eigenvalue weighted by Crippen LogP contribution is -2.11. The number of hydrogen-bond donors (Lipinski definition) is 2. The molecule has 2 heterocycles. The fourth-order valence-electron chi connectivity index (χ4n) is 2.07. The SMILES string of the molecule is O=C(/C=C/c1cccnc1)Nc1ccc(NC(=O)c2ccco2)cc1. The van der Waals surface area contributed by atoms with Gasteiger partial charge in [-0.15, -0.1) is 0 Å². The molecule has 0 aliphatic heterocycles. The van der Waals surface area contributed by atoms with Crippen molar-refractivity contribution in [2.45, 2.75) is 0 Å². The Kier molecular flexibility index (Phi) is 5.01. The van der Waals surface area contributed by atoms with Gasteiger partial charge in [-0.1, -0.05) is 6.07 Å². The fourth-order valence-corrected chi connectivity index (χ4v) is 2.07. The van der Waals surface area contributed by atoms with Crippen molar-refractivity contribution in [2.24, 2.45) is 0 Å². The highest BCUT2D eigenvalue weighted by atomic mass is 16.3. The number of rotatable bonds is 5. The van der Waals surface area contributed by atoms with Gasteiger partial charge in [0.15, 0.2) is 5.76 Å². The van der Waals surface area contributed by atoms with Gasteiger partial charge in [-0.2, -0.15) is 0 Å². The molecule has 1 aromatic carbocycles. The third-order valence-electron chi connectivity index (χ3n) is 3.27. The standard InChI is InChI=1S/C19H15N3O3/c23-18(10-5-14-3-1-11-20-13-14)21-15-6-8-16(9-7-15)22-19(24)17-4-2-12-25-17/h1-13H,(H,21,23)(H,22,24)/b10-5+. The molecule has 0 saturated carbocycles. The van der Waals surface area contributed by atoms with Crippen molar-refractivity contribution in [3.8, 4) is 0 Å². The maximum absolute atomic E-state index is 11.9. The van der Waals surface area contributed by atoms with E-state index in [0.29, 0.717) is 11.4 Å². The van der Waals surface area contributed by atoms with Crippen molar-refractivity contribution in [3.63, 3.8) is 0 Å². The number of aromatic nitrogens is 1. The van der Waals surface area contributed by atoms with Gasteiger partial charge in [0.1, 0.15) is 0 Å². The van der Waals surface area contributed by atoms with Crippen molar-refractivity contribution in [3.05, 3.63) is 84.6 Å². The van der Waals surface area contributed by atoms with Crippen LogP contribution in [0, 0.1) is 0 Å². The summed E-state index contributed by atoms with van der Waals surface area (Å²) in [6, 6.07) is 13.7. The van der Waals surface area contributed by atoms with Gasteiger partial charge >= 0.3 is 0 Å². The Morgan fingerprint density at radius 2 is 1.72 bits per heavy atom. The van der Waals surface area contributed by atoms with E-state index in [-0.39, 0.29) is 17.6 Å². The molecular formula is C19H15N3O3. The normalized spacial score (nSPS) is 10.6. The van der Waals surface area contributed by atoms with Gasteiger partial charge < -0.3 is 15.1 Å². The minimum Gasteiger partial charge on any atom is -0.459 e. The summed E-state index contributed by atoms with van der Waals surface area (Å²) in [5.41, 5.74) is 2.07. The van der Waals surface area contributed by atoms with Crippen LogP contribution in [-0.2, 0) is 4.79 Å². The van der Waals surface area contributed by atoms with E-state index in [1.165, 1.54) is 12.3 Å². The van der Waals surface area contributed by atoms with Crippen LogP contribution in [0.4, 0.5) is 11.4 Å². The molecule has 2 amide bonds. The fraction of sp³-hybridized carbons (Fsp3) is 0. The predicted octanol–water partition coefficient (Wildman–Crippen LogP) is 3.58. The third-order valence-corrected chi connectivity index (χ3v) is 3.27. The van der Waals surface area contributed by atoms with Gasteiger partial charge in [0.05, 0.1) is 6.26 Å². The second-order valence-electron chi connectivity index (χ2n) is 5.12. The number of benzene rings is 1. The number of amides is 2. The van der Waals surface area contributed by atoms with Gasteiger partial charge in [-0.3, -0.25) is 14.6 Å². The maximum Gasteiger partial charge on any atom is 0.291 e. The number of carbonyl (C=O) groups is 2. The van der Waals surface area contributed by atoms with Crippen LogP contribution in [0.2, 0.25) is 0 Å². The highest BCUT2D eigenvalue weighted by molar-refractivity contribution is 6.03. The second kappa shape index (κ2) is 7.74. The first-order valence-corrected chi connectivity index (χ1v) is 7.55. The summed E-state index contributed by atoms with van der Waals surface area (Å²) in [5.74, 6) is -0.352. The summed E-state index contributed by atoms with van der Waals surface area (Å²) in [4.78, 5) is 27.7. The monoisotopic (exact) mass is 333 g/mol. The molecular weight excluding hydrogens is 318 g/mol. The number of anilines is 2. The topological polar surface area (TPSA) is 84.2 Å². The quantitative estimate of drug-likeness (QED) is 0.699. The van der Waals surface area contributed by atoms with E-state index in [1.807, 2.05) is 6.07 Å². The molecule has 0 bridgehead atoms. The molecule has 25 heavy (non-hydrogen) atoms. The van der Waals surface area contributed by atoms with E-state index in [1.54, 1.807) is 60.9 Å². The van der Waals surface area contributed by atoms with Crippen molar-refractivity contribution in [1.82, 2.24) is 4.98 Å². The number of nitrogens with one attached hydrogen (secondary N) is 2. The average Bonchev–Trinajstić information content (AvgIpc) is 3.17. The van der Waals surface area contributed by atoms with E-state index in [9.17, 15) is 9.59 Å². The summed E-state index contributed by atoms with van der Waals surface area (Å²) in [6.45, 7) is 0. The molecule has 6 heteroatoms. The Balaban J connectivity index is 1.56. The zero-order valence-electron chi connectivity index (χ0n) is 13.2. The molecule has 0 saturated heterocycles. The Bertz CT molecular complexity index is 870. The molecule has 0 spiro atoms. The van der Waals surface area contributed by atoms with Crippen molar-refractivity contribution < 1.29 is 14.0 Å². The van der Waals surface area contributed by atoms with Gasteiger partial charge in [0, 0.05) is 29.8 Å². The van der Waals surface area contributed by atoms with Crippen LogP contribution in [0.25, 0.3) is 6.08 Å². The Morgan fingerprint density at radius 3 is 2.36 bits per heavy atom. The molecule has 0 unspecified atom stereocenters. The molecule has 2 aromatic heterocycles. The molecule has 6 nitrogen and oxygen atoms in total. The molecule has 3 aromatic rings. The number of furan rings is 1. The number of pyridine rings is 1. The van der Waals surface area contributed by atoms with Crippen LogP contribution in [0.3, 0.4) is 0 Å². The van der Waals surface area contributed by atoms with Gasteiger partial charge in [-0.05, 0) is 54.1 Å². The van der Waals surface area contributed by atoms with Crippen LogP contribution >= 0.6 is 0 Å². The highest BCUT2D eigenvalue weighted by Crippen LogP contribution is 2.15. The molecule has 2 N–H and O–H groups in total. The molecule has 0 aliphatic rings. The Hall–Kier alpha value is -3.67. The minimum atomic E-state index is -0.332. The van der Waals surface area contributed by atoms with Crippen LogP contribution in [0.5, 0.6) is 0 Å². The van der Waals surface area contributed by atoms with Gasteiger partial charge in [0.25, 0.3) is 5.91 Å². The summed E-state index contributed by atoms with van der Waals surface area (Å²) in [5, 5.41) is 5.45. The zero-order chi connectivity index (χ0) is 17.5. The summed E-state index contributed by atoms with van der Waals surface area (Å²) in [7, 11) is 0. The second-order valence-corrected chi connectivity index (χ2v) is 5.12. The number of nitrogens with zero attached hydrogens (tertiary/aromatic N) is 1. The van der Waals surface area contributed by atoms with E-state index in [0.717, 1.165) is 5.56 Å². The van der Waals surface area contributed by atoms with Gasteiger partial charge in [-0.25, -0.2) is 0 Å². The lowest BCUT2D eigenvalue weighted by atomic mass is 10.2. The zero-order valence-corrected chi connectivity index (χ0v) is 13.2. The smallest absolute Gasteiger partial charge is 0.291 e. The third kappa shape index (κ3) is 4.65. The maximum atomic E-state index is 11.9. The van der Waals surface area contributed by atoms with Crippen molar-refractivity contribution in [2.75, 3.05) is 10.6 Å². The van der Waals surface area contributed by atoms with Crippen molar-refractivity contribution in [1.29, 1.82) is 0 Å². The van der Waals surface area contributed by atoms with Crippen LogP contribution in [-0.4, -0.2) is 16.8 Å². The van der Waals surface area contributed by atoms with Crippen LogP contribution < -0.4 is 10.6 Å². The Morgan fingerprint density at radius 1 is 0.960 bits per heavy atom. The first-order chi connectivity index (χ1) is 12.2. The number of carbonyl (C=O) groups excluding carboxylic acids is 2. The highest BCUT2D eigenvalue weighted by Gasteiger charge is 2.08. The predicted molar refractivity (Wildman–Crippen MR) is 95.0 cm³/mol. The van der Waals surface area contributed by atoms with E-state index >= 15 is 0 Å². The van der Waals surface area contributed by atoms with E-state index in [2.05, 4.69) is 15.6 Å². The summed E-state index contributed by atoms with van der Waals surface area (Å²) >= 11 is 0. The molecule has 124 valence electrons. The average molecular weight is 333 g/mol. The molecule has 3 rings (SSSR count). The molecule has 0 fully saturated rings. The first-order valence-electron chi connectivity index (χ1n) is 7.55. The van der Waals surface area contributed by atoms with Gasteiger partial charge in [0.2, 0.25) is 5.91 Å². The lowest BCUT2D eigenvalue weighted by molar-refractivity contribution is -0.111. The summed E-state index contributed by atoms with van der Waals surface area (Å²) in [6.07, 6.45) is 7.89. The Labute approximate surface area is 144 Å². The molecule has 0 atom stereocenters. The van der Waals surface area contributed by atoms with Crippen LogP contribution in [0.1, 0.15) is 16.1 Å². The largest absolute Gasteiger partial charge is 0.459 e.